The van der Waals surface area contributed by atoms with Crippen LogP contribution in [0.15, 0.2) is 11.1 Å². The number of carbonyl (C=O) groups is 4. The standard InChI is InChI=1S/C50H78N6O6/c1-30(2)40-35(58)28-50(51-44(60)55-24-21-54(22-25-55)23-26-56-32(5)52-53-42(56)31(3)4)20-19-48(11)33(41(40)50)13-14-37-47(10)17-16-38(46(8,9)36(47)15-18-49(37,48)12)62-43(59)34-27-39(61-29-57)45(34,6)7/h29-31,33-34,36-39H,13-28H2,1-12H3,(H,51,60)/t33-,34-,36+,37-,38+,39-,47+,48-,49-,50-/m1/s1. The summed E-state index contributed by atoms with van der Waals surface area (Å²) in [5.41, 5.74) is 1.12. The lowest BCUT2D eigenvalue weighted by Crippen LogP contribution is -2.68. The number of aryl methyl sites for hydroxylation is 1. The number of rotatable bonds is 10. The second kappa shape index (κ2) is 15.7. The molecule has 0 radical (unpaired) electrons. The van der Waals surface area contributed by atoms with Gasteiger partial charge in [0.25, 0.3) is 6.47 Å². The van der Waals surface area contributed by atoms with E-state index in [4.69, 9.17) is 9.47 Å². The Morgan fingerprint density at radius 2 is 1.52 bits per heavy atom. The third kappa shape index (κ3) is 6.82. The molecule has 2 heterocycles. The van der Waals surface area contributed by atoms with Gasteiger partial charge in [-0.1, -0.05) is 76.2 Å². The predicted molar refractivity (Wildman–Crippen MR) is 238 cm³/mol. The zero-order valence-electron chi connectivity index (χ0n) is 40.2. The van der Waals surface area contributed by atoms with E-state index in [2.05, 4.69) is 87.3 Å². The highest BCUT2D eigenvalue weighted by Gasteiger charge is 2.70. The topological polar surface area (TPSA) is 136 Å². The second-order valence-electron chi connectivity index (χ2n) is 23.6. The van der Waals surface area contributed by atoms with E-state index < -0.39 is 11.0 Å². The first-order chi connectivity index (χ1) is 29.1. The zero-order chi connectivity index (χ0) is 44.9. The van der Waals surface area contributed by atoms with Crippen LogP contribution in [-0.4, -0.2) is 99.3 Å². The molecule has 1 N–H and O–H groups in total. The van der Waals surface area contributed by atoms with Crippen molar-refractivity contribution >= 4 is 24.3 Å². The van der Waals surface area contributed by atoms with Gasteiger partial charge in [-0.15, -0.1) is 10.2 Å². The van der Waals surface area contributed by atoms with Crippen LogP contribution in [0.1, 0.15) is 158 Å². The molecule has 12 heteroatoms. The maximum absolute atomic E-state index is 14.4. The van der Waals surface area contributed by atoms with Gasteiger partial charge in [0.15, 0.2) is 5.78 Å². The largest absolute Gasteiger partial charge is 0.464 e. The summed E-state index contributed by atoms with van der Waals surface area (Å²) in [6.45, 7) is 32.2. The summed E-state index contributed by atoms with van der Waals surface area (Å²) in [7, 11) is 0. The number of carbonyl (C=O) groups excluding carboxylic acids is 4. The van der Waals surface area contributed by atoms with Crippen LogP contribution in [0, 0.1) is 63.6 Å². The van der Waals surface area contributed by atoms with Crippen molar-refractivity contribution in [3.63, 3.8) is 0 Å². The van der Waals surface area contributed by atoms with Gasteiger partial charge < -0.3 is 24.3 Å². The number of fused-ring (bicyclic) bond motifs is 7. The van der Waals surface area contributed by atoms with E-state index in [1.165, 1.54) is 5.57 Å². The van der Waals surface area contributed by atoms with Gasteiger partial charge in [0.05, 0.1) is 11.5 Å². The molecule has 344 valence electrons. The molecule has 1 aromatic heterocycles. The lowest BCUT2D eigenvalue weighted by molar-refractivity contribution is -0.236. The quantitative estimate of drug-likeness (QED) is 0.182. The fourth-order valence-corrected chi connectivity index (χ4v) is 15.5. The third-order valence-corrected chi connectivity index (χ3v) is 19.4. The van der Waals surface area contributed by atoms with Crippen molar-refractivity contribution in [3.8, 4) is 0 Å². The average molecular weight is 859 g/mol. The number of urea groups is 1. The lowest BCUT2D eigenvalue weighted by Gasteiger charge is -2.72. The molecule has 0 bridgehead atoms. The van der Waals surface area contributed by atoms with Crippen molar-refractivity contribution < 1.29 is 28.7 Å². The number of allylic oxidation sites excluding steroid dienone is 1. The molecule has 2 amide bonds. The molecule has 7 aliphatic rings. The van der Waals surface area contributed by atoms with Crippen molar-refractivity contribution in [1.82, 2.24) is 29.9 Å². The van der Waals surface area contributed by atoms with Crippen LogP contribution in [0.2, 0.25) is 0 Å². The Hall–Kier alpha value is -3.28. The van der Waals surface area contributed by atoms with Crippen LogP contribution >= 0.6 is 0 Å². The lowest BCUT2D eigenvalue weighted by atomic mass is 9.33. The van der Waals surface area contributed by atoms with E-state index in [1.807, 2.05) is 25.7 Å². The molecule has 10 atom stereocenters. The molecule has 1 saturated heterocycles. The van der Waals surface area contributed by atoms with E-state index in [-0.39, 0.29) is 69.4 Å². The van der Waals surface area contributed by atoms with E-state index >= 15 is 0 Å². The van der Waals surface area contributed by atoms with Gasteiger partial charge in [0.2, 0.25) is 0 Å². The molecule has 5 saturated carbocycles. The Labute approximate surface area is 371 Å². The summed E-state index contributed by atoms with van der Waals surface area (Å²) in [5, 5.41) is 12.4. The Bertz CT molecular complexity index is 1980. The number of piperazine rings is 1. The first kappa shape index (κ1) is 45.3. The van der Waals surface area contributed by atoms with Gasteiger partial charge in [-0.25, -0.2) is 4.79 Å². The van der Waals surface area contributed by atoms with Crippen molar-refractivity contribution in [1.29, 1.82) is 0 Å². The Morgan fingerprint density at radius 3 is 2.16 bits per heavy atom. The minimum atomic E-state index is -0.628. The minimum absolute atomic E-state index is 0.0220. The van der Waals surface area contributed by atoms with Crippen LogP contribution in [0.25, 0.3) is 0 Å². The van der Waals surface area contributed by atoms with Crippen LogP contribution in [0.3, 0.4) is 0 Å². The molecule has 1 aliphatic heterocycles. The number of ether oxygens (including phenoxy) is 2. The molecular formula is C50H78N6O6. The smallest absolute Gasteiger partial charge is 0.318 e. The second-order valence-corrected chi connectivity index (χ2v) is 23.6. The Kier molecular flexibility index (Phi) is 11.5. The average Bonchev–Trinajstić information content (AvgIpc) is 3.72. The third-order valence-electron chi connectivity index (χ3n) is 19.4. The SMILES string of the molecule is Cc1nnc(C(C)C)n1CCN1CCN(C(=O)N[C@@]23CC[C@]4(C)[C@H](CC[C@@H]5[C@@]6(C)CC[C@H](OC(=O)[C@H]7C[C@@H](OC=O)C7(C)C)C(C)(C)[C@@H]6CC[C@]54C)C2=C(C(C)C)C(=O)C3)CC1. The number of aromatic nitrogens is 3. The summed E-state index contributed by atoms with van der Waals surface area (Å²) in [6, 6.07) is -0.0251. The molecule has 0 unspecified atom stereocenters. The maximum atomic E-state index is 14.4. The number of esters is 1. The maximum Gasteiger partial charge on any atom is 0.318 e. The molecule has 0 spiro atoms. The summed E-state index contributed by atoms with van der Waals surface area (Å²) in [6.07, 6.45) is 8.45. The number of Topliss-reactive ketones (excluding diaryl/α,β-unsaturated/α-hetero) is 1. The number of hydrogen-bond donors (Lipinski definition) is 1. The van der Waals surface area contributed by atoms with Crippen molar-refractivity contribution in [2.75, 3.05) is 32.7 Å². The van der Waals surface area contributed by atoms with Crippen LogP contribution in [-0.2, 0) is 30.4 Å². The molecule has 62 heavy (non-hydrogen) atoms. The van der Waals surface area contributed by atoms with E-state index in [9.17, 15) is 19.2 Å². The summed E-state index contributed by atoms with van der Waals surface area (Å²) < 4.78 is 14.0. The molecular weight excluding hydrogens is 781 g/mol. The normalized spacial score (nSPS) is 38.7. The Balaban J connectivity index is 0.971. The van der Waals surface area contributed by atoms with Crippen LogP contribution in [0.4, 0.5) is 4.79 Å². The molecule has 6 aliphatic carbocycles. The van der Waals surface area contributed by atoms with E-state index in [1.54, 1.807) is 0 Å². The van der Waals surface area contributed by atoms with Crippen LogP contribution in [0.5, 0.6) is 0 Å². The number of amides is 2. The van der Waals surface area contributed by atoms with Gasteiger partial charge in [0.1, 0.15) is 23.9 Å². The summed E-state index contributed by atoms with van der Waals surface area (Å²) >= 11 is 0. The first-order valence-electron chi connectivity index (χ1n) is 24.3. The number of nitrogens with zero attached hydrogens (tertiary/aromatic N) is 5. The monoisotopic (exact) mass is 859 g/mol. The molecule has 8 rings (SSSR count). The fourth-order valence-electron chi connectivity index (χ4n) is 15.5. The fraction of sp³-hybridized carbons (Fsp3) is 0.840. The van der Waals surface area contributed by atoms with E-state index in [0.717, 1.165) is 94.8 Å². The first-order valence-corrected chi connectivity index (χ1v) is 24.3. The highest BCUT2D eigenvalue weighted by Crippen LogP contribution is 2.76. The summed E-state index contributed by atoms with van der Waals surface area (Å²) in [5.74, 6) is 3.32. The van der Waals surface area contributed by atoms with Gasteiger partial charge in [-0.3, -0.25) is 19.3 Å². The number of hydrogen-bond acceptors (Lipinski definition) is 9. The number of ketones is 1. The zero-order valence-corrected chi connectivity index (χ0v) is 40.2. The van der Waals surface area contributed by atoms with Crippen molar-refractivity contribution in [2.45, 2.75) is 178 Å². The van der Waals surface area contributed by atoms with Crippen molar-refractivity contribution in [2.24, 2.45) is 56.7 Å². The summed E-state index contributed by atoms with van der Waals surface area (Å²) in [4.78, 5) is 57.9. The molecule has 0 aromatic carbocycles. The highest BCUT2D eigenvalue weighted by atomic mass is 16.6. The Morgan fingerprint density at radius 1 is 0.806 bits per heavy atom. The highest BCUT2D eigenvalue weighted by molar-refractivity contribution is 6.02. The van der Waals surface area contributed by atoms with Gasteiger partial charge >= 0.3 is 12.0 Å². The number of nitrogens with one attached hydrogen (secondary N) is 1. The van der Waals surface area contributed by atoms with Crippen LogP contribution < -0.4 is 5.32 Å². The van der Waals surface area contributed by atoms with Gasteiger partial charge in [-0.2, -0.15) is 0 Å². The van der Waals surface area contributed by atoms with Gasteiger partial charge in [0, 0.05) is 62.4 Å². The molecule has 1 aromatic rings. The minimum Gasteiger partial charge on any atom is -0.464 e. The van der Waals surface area contributed by atoms with E-state index in [0.29, 0.717) is 50.2 Å². The van der Waals surface area contributed by atoms with Crippen molar-refractivity contribution in [3.05, 3.63) is 22.8 Å². The van der Waals surface area contributed by atoms with Gasteiger partial charge in [-0.05, 0) is 116 Å². The molecule has 6 fully saturated rings. The predicted octanol–water partition coefficient (Wildman–Crippen LogP) is 8.27. The molecule has 12 nitrogen and oxygen atoms in total.